The highest BCUT2D eigenvalue weighted by Gasteiger charge is 2.38. The molecule has 5 rings (SSSR count). The molecule has 1 amide bonds. The van der Waals surface area contributed by atoms with Gasteiger partial charge in [0.05, 0.1) is 6.26 Å². The highest BCUT2D eigenvalue weighted by molar-refractivity contribution is 5.91. The lowest BCUT2D eigenvalue weighted by atomic mass is 9.83. The van der Waals surface area contributed by atoms with Crippen LogP contribution in [0.4, 0.5) is 0 Å². The van der Waals surface area contributed by atoms with Gasteiger partial charge in [-0.3, -0.25) is 9.69 Å². The minimum atomic E-state index is 0.0340. The molecule has 2 saturated heterocycles. The predicted octanol–water partition coefficient (Wildman–Crippen LogP) is 3.81. The second-order valence-corrected chi connectivity index (χ2v) is 8.98. The maximum atomic E-state index is 12.7. The van der Waals surface area contributed by atoms with Gasteiger partial charge in [-0.05, 0) is 73.9 Å². The fourth-order valence-corrected chi connectivity index (χ4v) is 5.41. The summed E-state index contributed by atoms with van der Waals surface area (Å²) in [5, 5.41) is 0. The lowest BCUT2D eigenvalue weighted by molar-refractivity contribution is 0.0142. The van der Waals surface area contributed by atoms with E-state index in [0.29, 0.717) is 30.4 Å². The standard InChI is InChI=1S/C24H30N2O4/c1-17(12-18-6-7-21-23(13-18)30-16-29-21)14-25-9-2-4-19-15-26(10-8-20(19)25)24(27)22-5-3-11-28-22/h3,5-7,11,13,17,19-20H,2,4,8-10,12,14-16H2,1H3/t17-,19-,20+/m1/s1. The Kier molecular flexibility index (Phi) is 5.42. The normalized spacial score (nSPS) is 24.5. The highest BCUT2D eigenvalue weighted by atomic mass is 16.7. The van der Waals surface area contributed by atoms with E-state index in [1.54, 1.807) is 18.4 Å². The molecule has 0 aliphatic carbocycles. The largest absolute Gasteiger partial charge is 0.459 e. The van der Waals surface area contributed by atoms with Crippen molar-refractivity contribution in [1.82, 2.24) is 9.80 Å². The molecular weight excluding hydrogens is 380 g/mol. The first-order valence-corrected chi connectivity index (χ1v) is 11.1. The Balaban J connectivity index is 1.18. The van der Waals surface area contributed by atoms with E-state index in [2.05, 4.69) is 24.0 Å². The molecule has 3 atom stereocenters. The fourth-order valence-electron chi connectivity index (χ4n) is 5.41. The maximum Gasteiger partial charge on any atom is 0.289 e. The second kappa shape index (κ2) is 8.34. The van der Waals surface area contributed by atoms with Crippen LogP contribution in [0.5, 0.6) is 11.5 Å². The molecule has 4 heterocycles. The molecule has 3 aliphatic heterocycles. The lowest BCUT2D eigenvalue weighted by Crippen LogP contribution is -2.55. The molecule has 0 radical (unpaired) electrons. The molecule has 0 N–H and O–H groups in total. The topological polar surface area (TPSA) is 55.2 Å². The summed E-state index contributed by atoms with van der Waals surface area (Å²) >= 11 is 0. The number of nitrogens with zero attached hydrogens (tertiary/aromatic N) is 2. The summed E-state index contributed by atoms with van der Waals surface area (Å²) in [7, 11) is 0. The smallest absolute Gasteiger partial charge is 0.289 e. The number of carbonyl (C=O) groups excluding carboxylic acids is 1. The Morgan fingerprint density at radius 1 is 1.17 bits per heavy atom. The van der Waals surface area contributed by atoms with Crippen LogP contribution in [0.15, 0.2) is 41.0 Å². The van der Waals surface area contributed by atoms with Crippen molar-refractivity contribution in [1.29, 1.82) is 0 Å². The van der Waals surface area contributed by atoms with Crippen molar-refractivity contribution in [2.24, 2.45) is 11.8 Å². The van der Waals surface area contributed by atoms with Crippen LogP contribution in [-0.2, 0) is 6.42 Å². The van der Waals surface area contributed by atoms with E-state index in [1.165, 1.54) is 24.9 Å². The van der Waals surface area contributed by atoms with Crippen molar-refractivity contribution < 1.29 is 18.7 Å². The number of hydrogen-bond donors (Lipinski definition) is 0. The number of carbonyl (C=O) groups is 1. The molecule has 0 bridgehead atoms. The Labute approximate surface area is 177 Å². The minimum Gasteiger partial charge on any atom is -0.459 e. The zero-order valence-corrected chi connectivity index (χ0v) is 17.6. The van der Waals surface area contributed by atoms with E-state index in [0.717, 1.165) is 44.0 Å². The zero-order chi connectivity index (χ0) is 20.5. The number of fused-ring (bicyclic) bond motifs is 2. The third-order valence-electron chi connectivity index (χ3n) is 6.77. The number of likely N-dealkylation sites (tertiary alicyclic amines) is 2. The van der Waals surface area contributed by atoms with Gasteiger partial charge in [0.15, 0.2) is 17.3 Å². The number of hydrogen-bond acceptors (Lipinski definition) is 5. The quantitative estimate of drug-likeness (QED) is 0.750. The van der Waals surface area contributed by atoms with Gasteiger partial charge in [0.2, 0.25) is 6.79 Å². The van der Waals surface area contributed by atoms with E-state index in [9.17, 15) is 4.79 Å². The average Bonchev–Trinajstić information content (AvgIpc) is 3.45. The number of furan rings is 1. The molecule has 30 heavy (non-hydrogen) atoms. The Bertz CT molecular complexity index is 881. The van der Waals surface area contributed by atoms with Crippen molar-refractivity contribution in [3.63, 3.8) is 0 Å². The zero-order valence-electron chi connectivity index (χ0n) is 17.6. The van der Waals surface area contributed by atoms with Crippen molar-refractivity contribution in [3.8, 4) is 11.5 Å². The first-order chi connectivity index (χ1) is 14.7. The number of benzene rings is 1. The second-order valence-electron chi connectivity index (χ2n) is 8.98. The van der Waals surface area contributed by atoms with E-state index >= 15 is 0 Å². The number of piperidine rings is 2. The predicted molar refractivity (Wildman–Crippen MR) is 113 cm³/mol. The molecule has 0 spiro atoms. The molecule has 6 heteroatoms. The average molecular weight is 411 g/mol. The summed E-state index contributed by atoms with van der Waals surface area (Å²) in [4.78, 5) is 17.3. The summed E-state index contributed by atoms with van der Waals surface area (Å²) in [6, 6.07) is 10.4. The van der Waals surface area contributed by atoms with Crippen LogP contribution < -0.4 is 9.47 Å². The molecule has 1 aromatic carbocycles. The van der Waals surface area contributed by atoms with Crippen molar-refractivity contribution in [2.75, 3.05) is 33.0 Å². The van der Waals surface area contributed by atoms with Crippen LogP contribution in [0.2, 0.25) is 0 Å². The maximum absolute atomic E-state index is 12.7. The Hall–Kier alpha value is -2.47. The van der Waals surface area contributed by atoms with Crippen molar-refractivity contribution in [2.45, 2.75) is 38.6 Å². The third-order valence-corrected chi connectivity index (χ3v) is 6.77. The van der Waals surface area contributed by atoms with Gasteiger partial charge in [-0.1, -0.05) is 13.0 Å². The van der Waals surface area contributed by atoms with E-state index in [-0.39, 0.29) is 5.91 Å². The molecule has 0 unspecified atom stereocenters. The summed E-state index contributed by atoms with van der Waals surface area (Å²) in [5.41, 5.74) is 1.30. The Morgan fingerprint density at radius 3 is 2.93 bits per heavy atom. The van der Waals surface area contributed by atoms with Crippen LogP contribution in [0.1, 0.15) is 42.3 Å². The summed E-state index contributed by atoms with van der Waals surface area (Å²) in [5.74, 6) is 3.33. The molecule has 2 fully saturated rings. The monoisotopic (exact) mass is 410 g/mol. The molecule has 1 aromatic heterocycles. The molecule has 2 aromatic rings. The van der Waals surface area contributed by atoms with Gasteiger partial charge in [0.1, 0.15) is 0 Å². The molecular formula is C24H30N2O4. The van der Waals surface area contributed by atoms with Gasteiger partial charge in [-0.25, -0.2) is 0 Å². The van der Waals surface area contributed by atoms with Crippen LogP contribution >= 0.6 is 0 Å². The first-order valence-electron chi connectivity index (χ1n) is 11.1. The van der Waals surface area contributed by atoms with Gasteiger partial charge < -0.3 is 18.8 Å². The number of ether oxygens (including phenoxy) is 2. The number of amides is 1. The Morgan fingerprint density at radius 2 is 2.07 bits per heavy atom. The van der Waals surface area contributed by atoms with Gasteiger partial charge in [0, 0.05) is 25.7 Å². The van der Waals surface area contributed by atoms with E-state index in [1.807, 2.05) is 11.0 Å². The van der Waals surface area contributed by atoms with Gasteiger partial charge >= 0.3 is 0 Å². The molecule has 6 nitrogen and oxygen atoms in total. The highest BCUT2D eigenvalue weighted by Crippen LogP contribution is 2.34. The van der Waals surface area contributed by atoms with Crippen molar-refractivity contribution in [3.05, 3.63) is 47.9 Å². The SMILES string of the molecule is C[C@H](Cc1ccc2c(c1)OCO2)CN1CCC[C@@H]2CN(C(=O)c3ccco3)CC[C@@H]21. The van der Waals surface area contributed by atoms with Gasteiger partial charge in [-0.15, -0.1) is 0 Å². The van der Waals surface area contributed by atoms with E-state index in [4.69, 9.17) is 13.9 Å². The summed E-state index contributed by atoms with van der Waals surface area (Å²) in [6.07, 6.45) is 6.08. The molecule has 160 valence electrons. The lowest BCUT2D eigenvalue weighted by Gasteiger charge is -2.47. The third kappa shape index (κ3) is 3.93. The van der Waals surface area contributed by atoms with E-state index < -0.39 is 0 Å². The summed E-state index contributed by atoms with van der Waals surface area (Å²) in [6.45, 7) is 6.58. The van der Waals surface area contributed by atoms with Crippen LogP contribution in [0, 0.1) is 11.8 Å². The minimum absolute atomic E-state index is 0.0340. The van der Waals surface area contributed by atoms with Crippen LogP contribution in [-0.4, -0.2) is 54.7 Å². The first kappa shape index (κ1) is 19.5. The number of rotatable bonds is 5. The van der Waals surface area contributed by atoms with Gasteiger partial charge in [-0.2, -0.15) is 0 Å². The van der Waals surface area contributed by atoms with Crippen LogP contribution in [0.25, 0.3) is 0 Å². The summed E-state index contributed by atoms with van der Waals surface area (Å²) < 4.78 is 16.3. The van der Waals surface area contributed by atoms with Crippen molar-refractivity contribution >= 4 is 5.91 Å². The van der Waals surface area contributed by atoms with Gasteiger partial charge in [0.25, 0.3) is 5.91 Å². The van der Waals surface area contributed by atoms with Crippen LogP contribution in [0.3, 0.4) is 0 Å². The molecule has 0 saturated carbocycles. The fraction of sp³-hybridized carbons (Fsp3) is 0.542. The molecule has 3 aliphatic rings.